The van der Waals surface area contributed by atoms with E-state index in [1.807, 2.05) is 0 Å². The zero-order valence-electron chi connectivity index (χ0n) is 14.4. The molecule has 1 unspecified atom stereocenters. The summed E-state index contributed by atoms with van der Waals surface area (Å²) in [5.41, 5.74) is 0. The minimum absolute atomic E-state index is 0. The van der Waals surface area contributed by atoms with Gasteiger partial charge in [0.2, 0.25) is 0 Å². The molecule has 14 nitrogen and oxygen atoms in total. The fraction of sp³-hybridized carbons (Fsp3) is 0.923. The van der Waals surface area contributed by atoms with E-state index < -0.39 is 80.8 Å². The molecule has 8 N–H and O–H groups in total. The molecule has 10 atom stereocenters. The molecule has 0 aliphatic carbocycles. The number of rotatable bonds is 4. The van der Waals surface area contributed by atoms with E-state index in [0.29, 0.717) is 0 Å². The van der Waals surface area contributed by atoms with Gasteiger partial charge in [-0.25, -0.2) is 0 Å². The second-order valence-electron chi connectivity index (χ2n) is 5.78. The van der Waals surface area contributed by atoms with Gasteiger partial charge < -0.3 is 70.1 Å². The maximum absolute atomic E-state index is 9.94. The third-order valence-corrected chi connectivity index (χ3v) is 3.98. The molecule has 0 spiro atoms. The van der Waals surface area contributed by atoms with Crippen LogP contribution in [0.4, 0.5) is 4.79 Å². The van der Waals surface area contributed by atoms with Crippen LogP contribution in [0.25, 0.3) is 0 Å². The minimum Gasteiger partial charge on any atom is -0.652 e. The number of ether oxygens (including phenoxy) is 3. The number of carbonyl (C=O) groups excluding carboxylic acids is 1. The first-order chi connectivity index (χ1) is 12.5. The Morgan fingerprint density at radius 2 is 1.29 bits per heavy atom. The first-order valence-electron chi connectivity index (χ1n) is 7.69. The number of hydrogen-bond donors (Lipinski definition) is 8. The number of carbonyl (C=O) groups is 1. The summed E-state index contributed by atoms with van der Waals surface area (Å²) >= 11 is 0. The van der Waals surface area contributed by atoms with Gasteiger partial charge in [-0.05, 0) is 6.16 Å². The second kappa shape index (κ2) is 12.3. The van der Waals surface area contributed by atoms with E-state index in [2.05, 4.69) is 0 Å². The molecule has 28 heavy (non-hydrogen) atoms. The van der Waals surface area contributed by atoms with Crippen LogP contribution in [-0.4, -0.2) is 145 Å². The Morgan fingerprint density at radius 3 is 1.75 bits per heavy atom. The summed E-state index contributed by atoms with van der Waals surface area (Å²) in [6.45, 7) is -1.35. The van der Waals surface area contributed by atoms with Crippen molar-refractivity contribution in [2.75, 3.05) is 13.2 Å². The van der Waals surface area contributed by atoms with Crippen LogP contribution in [0.15, 0.2) is 0 Å². The normalized spacial score (nSPS) is 43.3. The quantitative estimate of drug-likeness (QED) is 0.194. The Labute approximate surface area is 174 Å². The predicted molar refractivity (Wildman–Crippen MR) is 79.8 cm³/mol. The van der Waals surface area contributed by atoms with Crippen LogP contribution < -0.4 is 10.2 Å². The van der Waals surface area contributed by atoms with E-state index in [1.165, 1.54) is 0 Å². The van der Waals surface area contributed by atoms with Crippen molar-refractivity contribution in [3.05, 3.63) is 0 Å². The van der Waals surface area contributed by atoms with E-state index in [1.54, 1.807) is 0 Å². The maximum Gasteiger partial charge on any atom is 2.00 e. The summed E-state index contributed by atoms with van der Waals surface area (Å²) < 4.78 is 15.3. The second-order valence-corrected chi connectivity index (χ2v) is 5.78. The van der Waals surface area contributed by atoms with Gasteiger partial charge in [0.25, 0.3) is 0 Å². The molecule has 160 valence electrons. The van der Waals surface area contributed by atoms with Gasteiger partial charge in [-0.15, -0.1) is 0 Å². The van der Waals surface area contributed by atoms with Crippen LogP contribution >= 0.6 is 0 Å². The standard InChI is InChI=1S/C12H22O11.CH2O3.Mg/c13-1-3-5(15)6(16)9(19)12(22-3)23-10-4(2-14)21-11(20)8(18)7(10)17;2-1(3)4;/h3-20H,1-2H2;(H2,2,3,4);/q;;+2/p-2/t3-,4-,5+,6+,7-,8-,9-,10-,11?,12+;;/m1../s1. The predicted octanol–water partition coefficient (Wildman–Crippen LogP) is -8.22. The Bertz CT molecular complexity index is 461. The van der Waals surface area contributed by atoms with Crippen molar-refractivity contribution in [1.29, 1.82) is 0 Å². The minimum atomic E-state index is -2.33. The summed E-state index contributed by atoms with van der Waals surface area (Å²) in [6.07, 6.45) is -17.9. The molecule has 2 aliphatic heterocycles. The average molecular weight is 427 g/mol. The van der Waals surface area contributed by atoms with Crippen molar-refractivity contribution >= 4 is 29.2 Å². The molecule has 15 heteroatoms. The van der Waals surface area contributed by atoms with Gasteiger partial charge in [0, 0.05) is 0 Å². The van der Waals surface area contributed by atoms with Gasteiger partial charge in [0.1, 0.15) is 48.8 Å². The van der Waals surface area contributed by atoms with E-state index in [0.717, 1.165) is 0 Å². The first kappa shape index (κ1) is 27.6. The number of carboxylic acid groups (broad SMARTS) is 2. The molecule has 0 amide bonds. The number of aliphatic hydroxyl groups is 8. The zero-order chi connectivity index (χ0) is 20.9. The van der Waals surface area contributed by atoms with Gasteiger partial charge in [-0.1, -0.05) is 0 Å². The zero-order valence-corrected chi connectivity index (χ0v) is 15.8. The van der Waals surface area contributed by atoms with E-state index in [9.17, 15) is 35.7 Å². The molecule has 2 rings (SSSR count). The molecule has 0 radical (unpaired) electrons. The third-order valence-electron chi connectivity index (χ3n) is 3.98. The molecular formula is C13H22MgO14. The van der Waals surface area contributed by atoms with Crippen molar-refractivity contribution in [3.8, 4) is 0 Å². The van der Waals surface area contributed by atoms with Crippen LogP contribution in [0.2, 0.25) is 0 Å². The topological polar surface area (TPSA) is 253 Å². The summed E-state index contributed by atoms with van der Waals surface area (Å²) in [7, 11) is 0. The monoisotopic (exact) mass is 426 g/mol. The van der Waals surface area contributed by atoms with Gasteiger partial charge in [0.05, 0.1) is 13.2 Å². The Hall–Kier alpha value is -0.404. The summed E-state index contributed by atoms with van der Waals surface area (Å²) in [5, 5.41) is 93.2. The molecule has 2 saturated heterocycles. The first-order valence-corrected chi connectivity index (χ1v) is 7.69. The van der Waals surface area contributed by atoms with Crippen LogP contribution in [0.1, 0.15) is 0 Å². The molecule has 2 fully saturated rings. The number of hydrogen-bond acceptors (Lipinski definition) is 14. The van der Waals surface area contributed by atoms with E-state index in [-0.39, 0.29) is 23.1 Å². The van der Waals surface area contributed by atoms with Crippen molar-refractivity contribution < 1.29 is 70.1 Å². The van der Waals surface area contributed by atoms with Crippen molar-refractivity contribution in [1.82, 2.24) is 0 Å². The largest absolute Gasteiger partial charge is 2.00 e. The van der Waals surface area contributed by atoms with Crippen LogP contribution in [-0.2, 0) is 14.2 Å². The molecule has 2 aliphatic rings. The molecular weight excluding hydrogens is 404 g/mol. The van der Waals surface area contributed by atoms with Gasteiger partial charge >= 0.3 is 23.1 Å². The fourth-order valence-corrected chi connectivity index (χ4v) is 2.57. The average Bonchev–Trinajstić information content (AvgIpc) is 2.61. The van der Waals surface area contributed by atoms with Crippen molar-refractivity contribution in [2.24, 2.45) is 0 Å². The van der Waals surface area contributed by atoms with Crippen molar-refractivity contribution in [2.45, 2.75) is 61.4 Å². The van der Waals surface area contributed by atoms with E-state index >= 15 is 0 Å². The van der Waals surface area contributed by atoms with Crippen molar-refractivity contribution in [3.63, 3.8) is 0 Å². The molecule has 2 heterocycles. The summed E-state index contributed by atoms with van der Waals surface area (Å²) in [5.74, 6) is 0. The molecule has 0 aromatic rings. The van der Waals surface area contributed by atoms with Crippen LogP contribution in [0.3, 0.4) is 0 Å². The molecule has 0 bridgehead atoms. The molecule has 0 saturated carbocycles. The third kappa shape index (κ3) is 6.84. The summed E-state index contributed by atoms with van der Waals surface area (Å²) in [4.78, 5) is 8.33. The maximum atomic E-state index is 9.94. The Balaban J connectivity index is 0.00000133. The SMILES string of the molecule is O=C([O-])[O-].OC[C@H]1O[C@@H](O[C@H]2[C@H](O)[C@@H](O)C(O)O[C@@H]2CO)[C@H](O)[C@@H](O)[C@H]1O.[Mg+2]. The molecule has 0 aromatic heterocycles. The Morgan fingerprint density at radius 1 is 0.786 bits per heavy atom. The molecule has 0 aromatic carbocycles. The fourth-order valence-electron chi connectivity index (χ4n) is 2.57. The van der Waals surface area contributed by atoms with Crippen LogP contribution in [0.5, 0.6) is 0 Å². The van der Waals surface area contributed by atoms with Gasteiger partial charge in [-0.2, -0.15) is 0 Å². The smallest absolute Gasteiger partial charge is 0.652 e. The number of aliphatic hydroxyl groups excluding tert-OH is 8. The van der Waals surface area contributed by atoms with Crippen LogP contribution in [0, 0.1) is 0 Å². The van der Waals surface area contributed by atoms with Gasteiger partial charge in [-0.3, -0.25) is 0 Å². The van der Waals surface area contributed by atoms with E-state index in [4.69, 9.17) is 34.3 Å². The van der Waals surface area contributed by atoms with Gasteiger partial charge in [0.15, 0.2) is 12.6 Å². The summed E-state index contributed by atoms with van der Waals surface area (Å²) in [6, 6.07) is 0. The Kier molecular flexibility index (Phi) is 12.1.